The van der Waals surface area contributed by atoms with Gasteiger partial charge in [-0.05, 0) is 13.0 Å². The van der Waals surface area contributed by atoms with Crippen LogP contribution in [0.25, 0.3) is 0 Å². The van der Waals surface area contributed by atoms with Crippen molar-refractivity contribution < 1.29 is 14.9 Å². The molecule has 106 valence electrons. The molecule has 0 unspecified atom stereocenters. The number of hydrogen-bond acceptors (Lipinski definition) is 5. The number of nitrogens with zero attached hydrogens (tertiary/aromatic N) is 2. The molecular formula is C14H22N2O3. The van der Waals surface area contributed by atoms with Crippen LogP contribution in [-0.4, -0.2) is 47.6 Å². The Hall–Kier alpha value is -1.17. The zero-order chi connectivity index (χ0) is 13.9. The second kappa shape index (κ2) is 5.86. The van der Waals surface area contributed by atoms with Gasteiger partial charge in [0, 0.05) is 62.8 Å². The Morgan fingerprint density at radius 2 is 2.11 bits per heavy atom. The molecule has 2 N–H and O–H groups in total. The molecular weight excluding hydrogens is 244 g/mol. The molecule has 2 rings (SSSR count). The fourth-order valence-electron chi connectivity index (χ4n) is 2.49. The Labute approximate surface area is 113 Å². The van der Waals surface area contributed by atoms with E-state index in [4.69, 9.17) is 4.74 Å². The van der Waals surface area contributed by atoms with Crippen LogP contribution in [0.2, 0.25) is 0 Å². The average molecular weight is 266 g/mol. The van der Waals surface area contributed by atoms with E-state index >= 15 is 0 Å². The summed E-state index contributed by atoms with van der Waals surface area (Å²) in [5, 5.41) is 19.9. The summed E-state index contributed by atoms with van der Waals surface area (Å²) in [6.07, 6.45) is 2.99. The van der Waals surface area contributed by atoms with Crippen molar-refractivity contribution in [3.63, 3.8) is 0 Å². The van der Waals surface area contributed by atoms with Gasteiger partial charge in [-0.2, -0.15) is 0 Å². The summed E-state index contributed by atoms with van der Waals surface area (Å²) < 4.78 is 5.29. The highest BCUT2D eigenvalue weighted by Crippen LogP contribution is 2.26. The molecule has 1 aromatic rings. The van der Waals surface area contributed by atoms with Gasteiger partial charge < -0.3 is 19.8 Å². The highest BCUT2D eigenvalue weighted by Gasteiger charge is 2.31. The van der Waals surface area contributed by atoms with Crippen LogP contribution in [0.3, 0.4) is 0 Å². The van der Waals surface area contributed by atoms with Gasteiger partial charge in [-0.25, -0.2) is 0 Å². The van der Waals surface area contributed by atoms with Crippen molar-refractivity contribution >= 4 is 5.69 Å². The third-order valence-electron chi connectivity index (χ3n) is 3.64. The standard InChI is InChI=1S/C14H22N2O3/c1-11-7-13(12(9-17)8-15-11)16(2)10-14(18)3-5-19-6-4-14/h7-8,17-18H,3-6,9-10H2,1-2H3. The molecule has 1 saturated heterocycles. The Bertz CT molecular complexity index is 431. The van der Waals surface area contributed by atoms with Crippen LogP contribution >= 0.6 is 0 Å². The van der Waals surface area contributed by atoms with Crippen LogP contribution < -0.4 is 4.90 Å². The largest absolute Gasteiger partial charge is 0.392 e. The van der Waals surface area contributed by atoms with Crippen LogP contribution in [-0.2, 0) is 11.3 Å². The summed E-state index contributed by atoms with van der Waals surface area (Å²) in [5.41, 5.74) is 1.90. The van der Waals surface area contributed by atoms with Crippen molar-refractivity contribution in [3.8, 4) is 0 Å². The summed E-state index contributed by atoms with van der Waals surface area (Å²) in [5.74, 6) is 0. The Balaban J connectivity index is 2.14. The SMILES string of the molecule is Cc1cc(N(C)CC2(O)CCOCC2)c(CO)cn1. The van der Waals surface area contributed by atoms with E-state index in [1.54, 1.807) is 6.20 Å². The number of aliphatic hydroxyl groups is 2. The number of hydrogen-bond donors (Lipinski definition) is 2. The molecule has 2 heterocycles. The van der Waals surface area contributed by atoms with Gasteiger partial charge in [0.05, 0.1) is 12.2 Å². The maximum atomic E-state index is 10.5. The first-order valence-electron chi connectivity index (χ1n) is 6.62. The first-order chi connectivity index (χ1) is 9.04. The number of ether oxygens (including phenoxy) is 1. The van der Waals surface area contributed by atoms with Gasteiger partial charge in [-0.3, -0.25) is 4.98 Å². The van der Waals surface area contributed by atoms with E-state index in [-0.39, 0.29) is 6.61 Å². The van der Waals surface area contributed by atoms with Gasteiger partial charge in [-0.1, -0.05) is 0 Å². The monoisotopic (exact) mass is 266 g/mol. The lowest BCUT2D eigenvalue weighted by Crippen LogP contribution is -2.46. The fourth-order valence-corrected chi connectivity index (χ4v) is 2.49. The summed E-state index contributed by atoms with van der Waals surface area (Å²) in [6.45, 7) is 3.61. The second-order valence-corrected chi connectivity index (χ2v) is 5.31. The van der Waals surface area contributed by atoms with Gasteiger partial charge in [-0.15, -0.1) is 0 Å². The first kappa shape index (κ1) is 14.2. The van der Waals surface area contributed by atoms with E-state index in [9.17, 15) is 10.2 Å². The quantitative estimate of drug-likeness (QED) is 0.846. The number of aromatic nitrogens is 1. The number of rotatable bonds is 4. The highest BCUT2D eigenvalue weighted by atomic mass is 16.5. The molecule has 1 aliphatic heterocycles. The summed E-state index contributed by atoms with van der Waals surface area (Å²) in [4.78, 5) is 6.18. The number of aliphatic hydroxyl groups excluding tert-OH is 1. The predicted molar refractivity (Wildman–Crippen MR) is 73.2 cm³/mol. The Kier molecular flexibility index (Phi) is 4.39. The van der Waals surface area contributed by atoms with E-state index < -0.39 is 5.60 Å². The molecule has 5 nitrogen and oxygen atoms in total. The average Bonchev–Trinajstić information content (AvgIpc) is 2.39. The molecule has 5 heteroatoms. The van der Waals surface area contributed by atoms with Crippen molar-refractivity contribution in [2.75, 3.05) is 31.7 Å². The van der Waals surface area contributed by atoms with E-state index in [0.29, 0.717) is 32.6 Å². The van der Waals surface area contributed by atoms with Crippen molar-refractivity contribution in [3.05, 3.63) is 23.5 Å². The number of aryl methyl sites for hydroxylation is 1. The molecule has 0 atom stereocenters. The fraction of sp³-hybridized carbons (Fsp3) is 0.643. The maximum Gasteiger partial charge on any atom is 0.0865 e. The molecule has 0 radical (unpaired) electrons. The van der Waals surface area contributed by atoms with Crippen LogP contribution in [0.1, 0.15) is 24.1 Å². The van der Waals surface area contributed by atoms with Crippen molar-refractivity contribution in [2.45, 2.75) is 32.0 Å². The Morgan fingerprint density at radius 1 is 1.42 bits per heavy atom. The van der Waals surface area contributed by atoms with Crippen LogP contribution in [0.4, 0.5) is 5.69 Å². The van der Waals surface area contributed by atoms with Gasteiger partial charge in [0.15, 0.2) is 0 Å². The molecule has 0 amide bonds. The lowest BCUT2D eigenvalue weighted by atomic mass is 9.93. The second-order valence-electron chi connectivity index (χ2n) is 5.31. The summed E-state index contributed by atoms with van der Waals surface area (Å²) >= 11 is 0. The van der Waals surface area contributed by atoms with Gasteiger partial charge in [0.1, 0.15) is 0 Å². The van der Waals surface area contributed by atoms with E-state index in [1.165, 1.54) is 0 Å². The van der Waals surface area contributed by atoms with E-state index in [0.717, 1.165) is 16.9 Å². The molecule has 1 aromatic heterocycles. The normalized spacial score (nSPS) is 18.3. The minimum atomic E-state index is -0.711. The number of anilines is 1. The topological polar surface area (TPSA) is 65.8 Å². The van der Waals surface area contributed by atoms with Crippen LogP contribution in [0.5, 0.6) is 0 Å². The Morgan fingerprint density at radius 3 is 2.74 bits per heavy atom. The highest BCUT2D eigenvalue weighted by molar-refractivity contribution is 5.53. The minimum absolute atomic E-state index is 0.0471. The molecule has 1 aliphatic rings. The maximum absolute atomic E-state index is 10.5. The molecule has 0 aliphatic carbocycles. The van der Waals surface area contributed by atoms with Gasteiger partial charge in [0.25, 0.3) is 0 Å². The molecule has 0 bridgehead atoms. The lowest BCUT2D eigenvalue weighted by Gasteiger charge is -2.36. The number of likely N-dealkylation sites (N-methyl/N-ethyl adjacent to an activating group) is 1. The first-order valence-corrected chi connectivity index (χ1v) is 6.62. The van der Waals surface area contributed by atoms with E-state index in [1.807, 2.05) is 24.9 Å². The lowest BCUT2D eigenvalue weighted by molar-refractivity contribution is -0.0572. The van der Waals surface area contributed by atoms with Crippen molar-refractivity contribution in [1.29, 1.82) is 0 Å². The van der Waals surface area contributed by atoms with Crippen LogP contribution in [0.15, 0.2) is 12.3 Å². The number of pyridine rings is 1. The van der Waals surface area contributed by atoms with Crippen LogP contribution in [0, 0.1) is 6.92 Å². The predicted octanol–water partition coefficient (Wildman–Crippen LogP) is 0.860. The van der Waals surface area contributed by atoms with E-state index in [2.05, 4.69) is 4.98 Å². The minimum Gasteiger partial charge on any atom is -0.392 e. The molecule has 0 aromatic carbocycles. The summed E-state index contributed by atoms with van der Waals surface area (Å²) in [7, 11) is 1.93. The molecule has 19 heavy (non-hydrogen) atoms. The summed E-state index contributed by atoms with van der Waals surface area (Å²) in [6, 6.07) is 1.94. The smallest absolute Gasteiger partial charge is 0.0865 e. The van der Waals surface area contributed by atoms with Crippen molar-refractivity contribution in [2.24, 2.45) is 0 Å². The molecule has 0 saturated carbocycles. The van der Waals surface area contributed by atoms with Gasteiger partial charge >= 0.3 is 0 Å². The van der Waals surface area contributed by atoms with Crippen molar-refractivity contribution in [1.82, 2.24) is 4.98 Å². The molecule has 1 fully saturated rings. The van der Waals surface area contributed by atoms with Gasteiger partial charge in [0.2, 0.25) is 0 Å². The zero-order valence-corrected chi connectivity index (χ0v) is 11.6. The third-order valence-corrected chi connectivity index (χ3v) is 3.64. The molecule has 0 spiro atoms. The third kappa shape index (κ3) is 3.43. The zero-order valence-electron chi connectivity index (χ0n) is 11.6.